The molecule has 0 atom stereocenters. The van der Waals surface area contributed by atoms with Gasteiger partial charge in [-0.3, -0.25) is 0 Å². The first-order chi connectivity index (χ1) is 9.75. The number of hydrogen-bond acceptors (Lipinski definition) is 5. The van der Waals surface area contributed by atoms with Crippen LogP contribution < -0.4 is 0 Å². The minimum atomic E-state index is 0.0494. The van der Waals surface area contributed by atoms with E-state index in [0.717, 1.165) is 0 Å². The average Bonchev–Trinajstić information content (AvgIpc) is 2.48. The Balaban J connectivity index is 2.13. The molecule has 2 aromatic carbocycles. The van der Waals surface area contributed by atoms with Crippen LogP contribution in [0.15, 0.2) is 65.0 Å². The molecule has 0 saturated carbocycles. The molecule has 5 nitrogen and oxygen atoms in total. The van der Waals surface area contributed by atoms with E-state index >= 15 is 0 Å². The lowest BCUT2D eigenvalue weighted by atomic mass is 10.1. The van der Waals surface area contributed by atoms with Crippen LogP contribution in [0.2, 0.25) is 0 Å². The molecule has 1 heterocycles. The van der Waals surface area contributed by atoms with E-state index in [0.29, 0.717) is 22.3 Å². The Hall–Kier alpha value is -2.95. The maximum absolute atomic E-state index is 9.95. The lowest BCUT2D eigenvalue weighted by Crippen LogP contribution is -1.77. The van der Waals surface area contributed by atoms with Gasteiger partial charge < -0.3 is 10.2 Å². The molecular weight excluding hydrogens is 254 g/mol. The van der Waals surface area contributed by atoms with Gasteiger partial charge in [0.25, 0.3) is 0 Å². The Bertz CT molecular complexity index is 786. The summed E-state index contributed by atoms with van der Waals surface area (Å²) in [6.45, 7) is 0. The van der Waals surface area contributed by atoms with Crippen LogP contribution in [0, 0.1) is 0 Å². The van der Waals surface area contributed by atoms with Crippen molar-refractivity contribution in [1.82, 2.24) is 4.98 Å². The maximum Gasteiger partial charge on any atom is 0.174 e. The summed E-state index contributed by atoms with van der Waals surface area (Å²) >= 11 is 0. The van der Waals surface area contributed by atoms with Gasteiger partial charge in [-0.05, 0) is 30.3 Å². The van der Waals surface area contributed by atoms with Gasteiger partial charge in [0.2, 0.25) is 0 Å². The topological polar surface area (TPSA) is 78.1 Å². The Morgan fingerprint density at radius 3 is 2.50 bits per heavy atom. The number of hydrogen-bond donors (Lipinski definition) is 2. The van der Waals surface area contributed by atoms with E-state index in [4.69, 9.17) is 0 Å². The van der Waals surface area contributed by atoms with Crippen LogP contribution in [0.4, 0.5) is 11.5 Å². The molecule has 3 aromatic rings. The van der Waals surface area contributed by atoms with E-state index in [-0.39, 0.29) is 11.5 Å². The van der Waals surface area contributed by atoms with Gasteiger partial charge >= 0.3 is 0 Å². The number of phenols is 2. The number of phenolic OH excluding ortho intramolecular Hbond substituents is 2. The third kappa shape index (κ3) is 2.16. The summed E-state index contributed by atoms with van der Waals surface area (Å²) in [7, 11) is 0. The third-order valence-corrected chi connectivity index (χ3v) is 2.88. The predicted molar refractivity (Wildman–Crippen MR) is 75.7 cm³/mol. The van der Waals surface area contributed by atoms with Gasteiger partial charge in [0.1, 0.15) is 11.5 Å². The van der Waals surface area contributed by atoms with Crippen molar-refractivity contribution in [2.75, 3.05) is 0 Å². The molecule has 0 unspecified atom stereocenters. The number of nitrogens with zero attached hydrogens (tertiary/aromatic N) is 3. The van der Waals surface area contributed by atoms with Gasteiger partial charge in [0.15, 0.2) is 5.82 Å². The Morgan fingerprint density at radius 1 is 0.800 bits per heavy atom. The molecule has 98 valence electrons. The Kier molecular flexibility index (Phi) is 3.01. The second-order valence-corrected chi connectivity index (χ2v) is 4.19. The summed E-state index contributed by atoms with van der Waals surface area (Å²) in [4.78, 5) is 4.04. The van der Waals surface area contributed by atoms with Crippen molar-refractivity contribution in [2.45, 2.75) is 0 Å². The second-order valence-electron chi connectivity index (χ2n) is 4.19. The van der Waals surface area contributed by atoms with E-state index in [1.807, 2.05) is 6.07 Å². The number of fused-ring (bicyclic) bond motifs is 1. The number of aromatic nitrogens is 1. The van der Waals surface area contributed by atoms with Crippen LogP contribution in [-0.2, 0) is 0 Å². The van der Waals surface area contributed by atoms with Gasteiger partial charge in [-0.1, -0.05) is 18.2 Å². The van der Waals surface area contributed by atoms with Crippen molar-refractivity contribution in [3.8, 4) is 11.5 Å². The molecule has 0 aliphatic carbocycles. The van der Waals surface area contributed by atoms with Crippen molar-refractivity contribution in [3.63, 3.8) is 0 Å². The largest absolute Gasteiger partial charge is 0.507 e. The van der Waals surface area contributed by atoms with Gasteiger partial charge in [0.05, 0.1) is 11.1 Å². The van der Waals surface area contributed by atoms with Crippen molar-refractivity contribution in [3.05, 3.63) is 54.7 Å². The molecule has 0 bridgehead atoms. The first-order valence-electron chi connectivity index (χ1n) is 6.02. The van der Waals surface area contributed by atoms with Crippen LogP contribution in [0.1, 0.15) is 0 Å². The van der Waals surface area contributed by atoms with Crippen molar-refractivity contribution in [2.24, 2.45) is 10.2 Å². The highest BCUT2D eigenvalue weighted by Crippen LogP contribution is 2.38. The molecule has 20 heavy (non-hydrogen) atoms. The van der Waals surface area contributed by atoms with E-state index in [1.165, 1.54) is 6.07 Å². The number of pyridine rings is 1. The molecule has 0 spiro atoms. The monoisotopic (exact) mass is 265 g/mol. The fourth-order valence-corrected chi connectivity index (χ4v) is 1.96. The van der Waals surface area contributed by atoms with Gasteiger partial charge in [0, 0.05) is 11.6 Å². The fraction of sp³-hybridized carbons (Fsp3) is 0. The lowest BCUT2D eigenvalue weighted by molar-refractivity contribution is 0.475. The molecule has 0 amide bonds. The molecule has 2 N–H and O–H groups in total. The zero-order chi connectivity index (χ0) is 13.9. The molecule has 0 fully saturated rings. The van der Waals surface area contributed by atoms with Crippen molar-refractivity contribution in [1.29, 1.82) is 0 Å². The molecule has 1 aromatic heterocycles. The van der Waals surface area contributed by atoms with E-state index in [1.54, 1.807) is 42.6 Å². The normalized spacial score (nSPS) is 11.2. The molecule has 0 saturated heterocycles. The van der Waals surface area contributed by atoms with Gasteiger partial charge in [-0.2, -0.15) is 0 Å². The van der Waals surface area contributed by atoms with E-state index in [9.17, 15) is 10.2 Å². The lowest BCUT2D eigenvalue weighted by Gasteiger charge is -2.05. The van der Waals surface area contributed by atoms with Crippen LogP contribution in [-0.4, -0.2) is 15.2 Å². The molecule has 0 aliphatic rings. The zero-order valence-electron chi connectivity index (χ0n) is 10.4. The highest BCUT2D eigenvalue weighted by molar-refractivity contribution is 6.00. The van der Waals surface area contributed by atoms with Crippen LogP contribution in [0.25, 0.3) is 10.8 Å². The quantitative estimate of drug-likeness (QED) is 0.686. The van der Waals surface area contributed by atoms with Gasteiger partial charge in [-0.25, -0.2) is 4.98 Å². The molecule has 0 radical (unpaired) electrons. The minimum absolute atomic E-state index is 0.0494. The van der Waals surface area contributed by atoms with Crippen molar-refractivity contribution >= 4 is 22.3 Å². The second kappa shape index (κ2) is 4.97. The average molecular weight is 265 g/mol. The number of benzene rings is 2. The van der Waals surface area contributed by atoms with Gasteiger partial charge in [-0.15, -0.1) is 10.2 Å². The Morgan fingerprint density at radius 2 is 1.70 bits per heavy atom. The predicted octanol–water partition coefficient (Wildman–Crippen LogP) is 4.06. The van der Waals surface area contributed by atoms with Crippen LogP contribution in [0.5, 0.6) is 11.5 Å². The van der Waals surface area contributed by atoms with E-state index < -0.39 is 0 Å². The molecule has 3 rings (SSSR count). The molecule has 0 aliphatic heterocycles. The summed E-state index contributed by atoms with van der Waals surface area (Å²) < 4.78 is 0. The number of azo groups is 1. The van der Waals surface area contributed by atoms with E-state index in [2.05, 4.69) is 15.2 Å². The highest BCUT2D eigenvalue weighted by atomic mass is 16.3. The number of rotatable bonds is 2. The smallest absolute Gasteiger partial charge is 0.174 e. The SMILES string of the molecule is Oc1ccc(/N=N/c2ccccn2)c2c(O)cccc12. The van der Waals surface area contributed by atoms with Crippen LogP contribution >= 0.6 is 0 Å². The van der Waals surface area contributed by atoms with Crippen LogP contribution in [0.3, 0.4) is 0 Å². The summed E-state index contributed by atoms with van der Waals surface area (Å²) in [6, 6.07) is 13.4. The summed E-state index contributed by atoms with van der Waals surface area (Å²) in [5, 5.41) is 28.9. The number of aromatic hydroxyl groups is 2. The van der Waals surface area contributed by atoms with Crippen molar-refractivity contribution < 1.29 is 10.2 Å². The summed E-state index contributed by atoms with van der Waals surface area (Å²) in [6.07, 6.45) is 1.63. The zero-order valence-corrected chi connectivity index (χ0v) is 10.4. The molecule has 5 heteroatoms. The summed E-state index contributed by atoms with van der Waals surface area (Å²) in [5.41, 5.74) is 0.474. The standard InChI is InChI=1S/C15H11N3O2/c19-12-8-7-11(15-10(12)4-3-5-13(15)20)17-18-14-6-1-2-9-16-14/h1-9,19-20H/b18-17+. The maximum atomic E-state index is 9.95. The first kappa shape index (κ1) is 12.1. The minimum Gasteiger partial charge on any atom is -0.507 e. The first-order valence-corrected chi connectivity index (χ1v) is 6.02. The Labute approximate surface area is 114 Å². The highest BCUT2D eigenvalue weighted by Gasteiger charge is 2.08. The fourth-order valence-electron chi connectivity index (χ4n) is 1.96. The third-order valence-electron chi connectivity index (χ3n) is 2.88. The molecular formula is C15H11N3O2. The summed E-state index contributed by atoms with van der Waals surface area (Å²) in [5.74, 6) is 0.616.